The lowest BCUT2D eigenvalue weighted by Gasteiger charge is -2.36. The largest absolute Gasteiger partial charge is 0.354 e. The zero-order chi connectivity index (χ0) is 12.6. The van der Waals surface area contributed by atoms with Gasteiger partial charge in [0, 0.05) is 30.5 Å². The predicted octanol–water partition coefficient (Wildman–Crippen LogP) is 2.50. The molecule has 1 heterocycles. The van der Waals surface area contributed by atoms with Crippen molar-refractivity contribution in [2.45, 2.75) is 50.1 Å². The first-order chi connectivity index (χ1) is 8.71. The van der Waals surface area contributed by atoms with E-state index in [0.717, 1.165) is 12.5 Å². The molecule has 4 heteroatoms. The molecular weight excluding hydrogens is 224 g/mol. The van der Waals surface area contributed by atoms with Gasteiger partial charge in [-0.15, -0.1) is 0 Å². The molecule has 2 aliphatic rings. The maximum atomic E-state index is 4.46. The molecule has 1 aromatic rings. The van der Waals surface area contributed by atoms with Crippen molar-refractivity contribution in [1.29, 1.82) is 0 Å². The minimum Gasteiger partial charge on any atom is -0.354 e. The van der Waals surface area contributed by atoms with E-state index in [1.54, 1.807) is 0 Å². The maximum Gasteiger partial charge on any atom is 0.203 e. The zero-order valence-electron chi connectivity index (χ0n) is 11.5. The van der Waals surface area contributed by atoms with Crippen molar-refractivity contribution in [3.63, 3.8) is 0 Å². The zero-order valence-corrected chi connectivity index (χ0v) is 11.5. The van der Waals surface area contributed by atoms with Gasteiger partial charge in [-0.05, 0) is 39.8 Å². The first kappa shape index (κ1) is 12.0. The summed E-state index contributed by atoms with van der Waals surface area (Å²) in [5.41, 5.74) is 0.334. The van der Waals surface area contributed by atoms with Crippen molar-refractivity contribution in [2.24, 2.45) is 0 Å². The number of imidazole rings is 1. The molecule has 0 unspecified atom stereocenters. The highest BCUT2D eigenvalue weighted by Gasteiger charge is 2.36. The van der Waals surface area contributed by atoms with Gasteiger partial charge in [-0.1, -0.05) is 12.8 Å². The van der Waals surface area contributed by atoms with Crippen LogP contribution < -0.4 is 5.32 Å². The number of anilines is 1. The molecule has 0 atom stereocenters. The first-order valence-electron chi connectivity index (χ1n) is 7.15. The van der Waals surface area contributed by atoms with E-state index in [1.807, 2.05) is 6.20 Å². The summed E-state index contributed by atoms with van der Waals surface area (Å²) < 4.78 is 2.30. The minimum atomic E-state index is 0.334. The van der Waals surface area contributed by atoms with Crippen LogP contribution in [0.2, 0.25) is 0 Å². The van der Waals surface area contributed by atoms with Gasteiger partial charge in [-0.25, -0.2) is 4.98 Å². The topological polar surface area (TPSA) is 33.1 Å². The third-order valence-electron chi connectivity index (χ3n) is 4.67. The molecule has 2 fully saturated rings. The number of likely N-dealkylation sites (N-methyl/N-ethyl adjacent to an activating group) is 1. The third-order valence-corrected chi connectivity index (χ3v) is 4.67. The number of hydrogen-bond donors (Lipinski definition) is 1. The van der Waals surface area contributed by atoms with Crippen LogP contribution in [0.15, 0.2) is 12.4 Å². The first-order valence-corrected chi connectivity index (χ1v) is 7.15. The summed E-state index contributed by atoms with van der Waals surface area (Å²) in [7, 11) is 4.42. The average Bonchev–Trinajstić information content (AvgIpc) is 2.92. The lowest BCUT2D eigenvalue weighted by molar-refractivity contribution is 0.172. The minimum absolute atomic E-state index is 0.334. The Morgan fingerprint density at radius 3 is 2.72 bits per heavy atom. The van der Waals surface area contributed by atoms with E-state index in [4.69, 9.17) is 0 Å². The molecular formula is C14H24N4. The van der Waals surface area contributed by atoms with Crippen LogP contribution in [-0.2, 0) is 0 Å². The Morgan fingerprint density at radius 1 is 1.39 bits per heavy atom. The molecule has 1 aromatic heterocycles. The maximum absolute atomic E-state index is 4.46. The number of nitrogens with zero attached hydrogens (tertiary/aromatic N) is 3. The van der Waals surface area contributed by atoms with Crippen LogP contribution in [0.25, 0.3) is 0 Å². The van der Waals surface area contributed by atoms with Gasteiger partial charge in [-0.3, -0.25) is 0 Å². The molecule has 3 rings (SSSR count). The highest BCUT2D eigenvalue weighted by Crippen LogP contribution is 2.38. The standard InChI is InChI=1S/C14H24N4/c1-17(2)14(7-3-4-8-14)11-16-13-15-9-10-18(13)12-5-6-12/h9-10,12H,3-8,11H2,1-2H3,(H,15,16). The fourth-order valence-electron chi connectivity index (χ4n) is 3.16. The number of rotatable bonds is 5. The average molecular weight is 248 g/mol. The highest BCUT2D eigenvalue weighted by atomic mass is 15.3. The summed E-state index contributed by atoms with van der Waals surface area (Å²) in [5.74, 6) is 1.06. The number of hydrogen-bond acceptors (Lipinski definition) is 3. The Labute approximate surface area is 109 Å². The van der Waals surface area contributed by atoms with Gasteiger partial charge in [0.25, 0.3) is 0 Å². The summed E-state index contributed by atoms with van der Waals surface area (Å²) in [5, 5.41) is 3.59. The quantitative estimate of drug-likeness (QED) is 0.869. The monoisotopic (exact) mass is 248 g/mol. The van der Waals surface area contributed by atoms with Gasteiger partial charge in [0.05, 0.1) is 0 Å². The van der Waals surface area contributed by atoms with Gasteiger partial charge in [0.1, 0.15) is 0 Å². The van der Waals surface area contributed by atoms with Crippen LogP contribution in [0.4, 0.5) is 5.95 Å². The van der Waals surface area contributed by atoms with Crippen molar-refractivity contribution >= 4 is 5.95 Å². The van der Waals surface area contributed by atoms with E-state index in [0.29, 0.717) is 11.6 Å². The summed E-state index contributed by atoms with van der Waals surface area (Å²) in [4.78, 5) is 6.86. The Morgan fingerprint density at radius 2 is 2.11 bits per heavy atom. The lowest BCUT2D eigenvalue weighted by atomic mass is 9.96. The number of nitrogens with one attached hydrogen (secondary N) is 1. The SMILES string of the molecule is CN(C)C1(CNc2nccn2C2CC2)CCCC1. The van der Waals surface area contributed by atoms with Crippen LogP contribution in [-0.4, -0.2) is 40.6 Å². The van der Waals surface area contributed by atoms with E-state index in [2.05, 4.69) is 40.1 Å². The summed E-state index contributed by atoms with van der Waals surface area (Å²) in [6, 6.07) is 0.703. The van der Waals surface area contributed by atoms with Crippen molar-refractivity contribution in [1.82, 2.24) is 14.5 Å². The summed E-state index contributed by atoms with van der Waals surface area (Å²) in [6.45, 7) is 1.02. The van der Waals surface area contributed by atoms with Crippen molar-refractivity contribution < 1.29 is 0 Å². The molecule has 100 valence electrons. The van der Waals surface area contributed by atoms with Crippen LogP contribution in [0.3, 0.4) is 0 Å². The Kier molecular flexibility index (Phi) is 3.06. The molecule has 1 N–H and O–H groups in total. The van der Waals surface area contributed by atoms with E-state index in [9.17, 15) is 0 Å². The smallest absolute Gasteiger partial charge is 0.203 e. The Hall–Kier alpha value is -1.03. The van der Waals surface area contributed by atoms with E-state index in [1.165, 1.54) is 38.5 Å². The molecule has 0 aromatic carbocycles. The molecule has 0 bridgehead atoms. The molecule has 2 saturated carbocycles. The molecule has 0 spiro atoms. The van der Waals surface area contributed by atoms with Gasteiger partial charge in [0.2, 0.25) is 5.95 Å². The fraction of sp³-hybridized carbons (Fsp3) is 0.786. The molecule has 0 saturated heterocycles. The third kappa shape index (κ3) is 2.14. The van der Waals surface area contributed by atoms with Crippen LogP contribution >= 0.6 is 0 Å². The van der Waals surface area contributed by atoms with E-state index >= 15 is 0 Å². The normalized spacial score (nSPS) is 22.6. The predicted molar refractivity (Wildman–Crippen MR) is 73.9 cm³/mol. The second kappa shape index (κ2) is 4.57. The second-order valence-corrected chi connectivity index (χ2v) is 6.07. The van der Waals surface area contributed by atoms with Crippen LogP contribution in [0, 0.1) is 0 Å². The molecule has 2 aliphatic carbocycles. The van der Waals surface area contributed by atoms with Gasteiger partial charge in [-0.2, -0.15) is 0 Å². The fourth-order valence-corrected chi connectivity index (χ4v) is 3.16. The lowest BCUT2D eigenvalue weighted by Crippen LogP contribution is -2.47. The van der Waals surface area contributed by atoms with Crippen molar-refractivity contribution in [3.05, 3.63) is 12.4 Å². The Bertz CT molecular complexity index is 400. The van der Waals surface area contributed by atoms with Gasteiger partial charge >= 0.3 is 0 Å². The highest BCUT2D eigenvalue weighted by molar-refractivity contribution is 5.29. The molecule has 18 heavy (non-hydrogen) atoms. The van der Waals surface area contributed by atoms with Crippen molar-refractivity contribution in [2.75, 3.05) is 26.0 Å². The molecule has 0 radical (unpaired) electrons. The summed E-state index contributed by atoms with van der Waals surface area (Å²) in [6.07, 6.45) is 12.0. The molecule has 0 aliphatic heterocycles. The molecule has 0 amide bonds. The van der Waals surface area contributed by atoms with Gasteiger partial charge in [0.15, 0.2) is 0 Å². The molecule has 4 nitrogen and oxygen atoms in total. The van der Waals surface area contributed by atoms with E-state index in [-0.39, 0.29) is 0 Å². The van der Waals surface area contributed by atoms with E-state index < -0.39 is 0 Å². The van der Waals surface area contributed by atoms with Crippen LogP contribution in [0.1, 0.15) is 44.6 Å². The van der Waals surface area contributed by atoms with Gasteiger partial charge < -0.3 is 14.8 Å². The summed E-state index contributed by atoms with van der Waals surface area (Å²) >= 11 is 0. The Balaban J connectivity index is 1.67. The van der Waals surface area contributed by atoms with Crippen LogP contribution in [0.5, 0.6) is 0 Å². The second-order valence-electron chi connectivity index (χ2n) is 6.07. The van der Waals surface area contributed by atoms with Crippen molar-refractivity contribution in [3.8, 4) is 0 Å². The number of aromatic nitrogens is 2.